The number of hydrogen-bond donors (Lipinski definition) is 2. The van der Waals surface area contributed by atoms with Crippen molar-refractivity contribution in [3.8, 4) is 0 Å². The molecule has 1 aromatic carbocycles. The molecule has 5 nitrogen and oxygen atoms in total. The lowest BCUT2D eigenvalue weighted by molar-refractivity contribution is -0.121. The molecule has 0 radical (unpaired) electrons. The van der Waals surface area contributed by atoms with Crippen LogP contribution in [0.15, 0.2) is 29.3 Å². The summed E-state index contributed by atoms with van der Waals surface area (Å²) in [6.45, 7) is 7.90. The van der Waals surface area contributed by atoms with Gasteiger partial charge < -0.3 is 15.5 Å². The number of fused-ring (bicyclic) bond motifs is 1. The summed E-state index contributed by atoms with van der Waals surface area (Å²) in [5.41, 5.74) is 2.52. The van der Waals surface area contributed by atoms with E-state index in [0.717, 1.165) is 25.5 Å². The quantitative estimate of drug-likeness (QED) is 0.643. The maximum Gasteiger partial charge on any atom is 0.239 e. The Bertz CT molecular complexity index is 560. The fraction of sp³-hybridized carbons (Fsp3) is 0.529. The van der Waals surface area contributed by atoms with Crippen LogP contribution in [0.2, 0.25) is 0 Å². The SMILES string of the molecule is CN=C(NCC(=O)NC(C)(C)C)N1CCc2ccccc2C1. The van der Waals surface area contributed by atoms with E-state index in [1.807, 2.05) is 20.8 Å². The predicted octanol–water partition coefficient (Wildman–Crippen LogP) is 1.53. The number of guanidine groups is 1. The summed E-state index contributed by atoms with van der Waals surface area (Å²) in [6.07, 6.45) is 1.01. The van der Waals surface area contributed by atoms with Gasteiger partial charge in [0.15, 0.2) is 5.96 Å². The lowest BCUT2D eigenvalue weighted by atomic mass is 10.0. The van der Waals surface area contributed by atoms with E-state index in [4.69, 9.17) is 0 Å². The van der Waals surface area contributed by atoms with Crippen molar-refractivity contribution in [1.82, 2.24) is 15.5 Å². The molecule has 0 unspecified atom stereocenters. The van der Waals surface area contributed by atoms with Gasteiger partial charge in [-0.2, -0.15) is 0 Å². The molecule has 2 N–H and O–H groups in total. The van der Waals surface area contributed by atoms with Crippen molar-refractivity contribution in [3.05, 3.63) is 35.4 Å². The van der Waals surface area contributed by atoms with Gasteiger partial charge in [-0.1, -0.05) is 24.3 Å². The summed E-state index contributed by atoms with van der Waals surface area (Å²) in [6, 6.07) is 8.48. The zero-order chi connectivity index (χ0) is 16.2. The van der Waals surface area contributed by atoms with Crippen molar-refractivity contribution in [3.63, 3.8) is 0 Å². The van der Waals surface area contributed by atoms with Crippen LogP contribution in [0.4, 0.5) is 0 Å². The number of nitrogens with one attached hydrogen (secondary N) is 2. The van der Waals surface area contributed by atoms with E-state index in [-0.39, 0.29) is 18.0 Å². The van der Waals surface area contributed by atoms with Crippen molar-refractivity contribution in [1.29, 1.82) is 0 Å². The normalized spacial score (nSPS) is 15.3. The number of aliphatic imine (C=N–C) groups is 1. The number of rotatable bonds is 2. The van der Waals surface area contributed by atoms with Crippen molar-refractivity contribution in [2.45, 2.75) is 39.3 Å². The van der Waals surface area contributed by atoms with Gasteiger partial charge in [0.05, 0.1) is 6.54 Å². The highest BCUT2D eigenvalue weighted by Crippen LogP contribution is 2.18. The molecule has 5 heteroatoms. The highest BCUT2D eigenvalue weighted by molar-refractivity contribution is 5.86. The molecule has 1 aliphatic heterocycles. The van der Waals surface area contributed by atoms with E-state index < -0.39 is 0 Å². The fourth-order valence-electron chi connectivity index (χ4n) is 2.63. The third-order valence-corrected chi connectivity index (χ3v) is 3.56. The molecule has 0 atom stereocenters. The Balaban J connectivity index is 1.92. The lowest BCUT2D eigenvalue weighted by Crippen LogP contribution is -2.50. The molecule has 1 amide bonds. The Morgan fingerprint density at radius 2 is 1.95 bits per heavy atom. The Morgan fingerprint density at radius 1 is 1.27 bits per heavy atom. The van der Waals surface area contributed by atoms with E-state index >= 15 is 0 Å². The number of hydrogen-bond acceptors (Lipinski definition) is 2. The maximum absolute atomic E-state index is 11.9. The summed E-state index contributed by atoms with van der Waals surface area (Å²) in [4.78, 5) is 18.4. The van der Waals surface area contributed by atoms with Crippen LogP contribution < -0.4 is 10.6 Å². The molecule has 1 heterocycles. The Morgan fingerprint density at radius 3 is 2.59 bits per heavy atom. The highest BCUT2D eigenvalue weighted by atomic mass is 16.2. The van der Waals surface area contributed by atoms with Crippen LogP contribution in [0.3, 0.4) is 0 Å². The van der Waals surface area contributed by atoms with Crippen molar-refractivity contribution in [2.24, 2.45) is 4.99 Å². The number of carbonyl (C=O) groups is 1. The largest absolute Gasteiger partial charge is 0.350 e. The van der Waals surface area contributed by atoms with Crippen LogP contribution in [0.5, 0.6) is 0 Å². The van der Waals surface area contributed by atoms with Crippen LogP contribution in [0, 0.1) is 0 Å². The van der Waals surface area contributed by atoms with Crippen molar-refractivity contribution >= 4 is 11.9 Å². The molecule has 120 valence electrons. The second-order valence-electron chi connectivity index (χ2n) is 6.64. The second-order valence-corrected chi connectivity index (χ2v) is 6.64. The zero-order valence-corrected chi connectivity index (χ0v) is 13.9. The van der Waals surface area contributed by atoms with Crippen LogP contribution in [-0.4, -0.2) is 42.4 Å². The second kappa shape index (κ2) is 6.81. The molecular formula is C17H26N4O. The molecule has 0 spiro atoms. The zero-order valence-electron chi connectivity index (χ0n) is 13.9. The number of benzene rings is 1. The summed E-state index contributed by atoms with van der Waals surface area (Å²) >= 11 is 0. The van der Waals surface area contributed by atoms with Crippen molar-refractivity contribution in [2.75, 3.05) is 20.1 Å². The summed E-state index contributed by atoms with van der Waals surface area (Å²) in [7, 11) is 1.75. The molecule has 22 heavy (non-hydrogen) atoms. The first-order valence-electron chi connectivity index (χ1n) is 7.72. The van der Waals surface area contributed by atoms with Gasteiger partial charge >= 0.3 is 0 Å². The standard InChI is InChI=1S/C17H26N4O/c1-17(2,3)20-15(22)11-19-16(18-4)21-10-9-13-7-5-6-8-14(13)12-21/h5-8H,9-12H2,1-4H3,(H,18,19)(H,20,22). The molecule has 1 aromatic rings. The van der Waals surface area contributed by atoms with Crippen molar-refractivity contribution < 1.29 is 4.79 Å². The van der Waals surface area contributed by atoms with Gasteiger partial charge in [0.1, 0.15) is 0 Å². The van der Waals surface area contributed by atoms with E-state index in [9.17, 15) is 4.79 Å². The lowest BCUT2D eigenvalue weighted by Gasteiger charge is -2.31. The number of nitrogens with zero attached hydrogens (tertiary/aromatic N) is 2. The molecule has 0 aliphatic carbocycles. The van der Waals surface area contributed by atoms with Gasteiger partial charge in [0, 0.05) is 25.7 Å². The Hall–Kier alpha value is -2.04. The van der Waals surface area contributed by atoms with Gasteiger partial charge in [-0.25, -0.2) is 0 Å². The average Bonchev–Trinajstić information content (AvgIpc) is 2.46. The van der Waals surface area contributed by atoms with E-state index in [1.165, 1.54) is 11.1 Å². The topological polar surface area (TPSA) is 56.7 Å². The molecular weight excluding hydrogens is 276 g/mol. The fourth-order valence-corrected chi connectivity index (χ4v) is 2.63. The van der Waals surface area contributed by atoms with E-state index in [1.54, 1.807) is 7.05 Å². The minimum atomic E-state index is -0.216. The first-order valence-corrected chi connectivity index (χ1v) is 7.72. The van der Waals surface area contributed by atoms with Gasteiger partial charge in [-0.15, -0.1) is 0 Å². The predicted molar refractivity (Wildman–Crippen MR) is 89.8 cm³/mol. The third kappa shape index (κ3) is 4.48. The first kappa shape index (κ1) is 16.3. The average molecular weight is 302 g/mol. The van der Waals surface area contributed by atoms with E-state index in [2.05, 4.69) is 44.8 Å². The summed E-state index contributed by atoms with van der Waals surface area (Å²) in [5.74, 6) is 0.754. The molecule has 2 rings (SSSR count). The Kier molecular flexibility index (Phi) is 5.06. The minimum Gasteiger partial charge on any atom is -0.350 e. The van der Waals surface area contributed by atoms with Crippen LogP contribution in [-0.2, 0) is 17.8 Å². The van der Waals surface area contributed by atoms with Gasteiger partial charge in [0.2, 0.25) is 5.91 Å². The summed E-state index contributed by atoms with van der Waals surface area (Å²) in [5, 5.41) is 6.10. The monoisotopic (exact) mass is 302 g/mol. The van der Waals surface area contributed by atoms with Gasteiger partial charge in [0.25, 0.3) is 0 Å². The highest BCUT2D eigenvalue weighted by Gasteiger charge is 2.20. The molecule has 0 saturated carbocycles. The molecule has 0 aromatic heterocycles. The van der Waals surface area contributed by atoms with E-state index in [0.29, 0.717) is 0 Å². The molecule has 1 aliphatic rings. The van der Waals surface area contributed by atoms with Gasteiger partial charge in [-0.3, -0.25) is 9.79 Å². The van der Waals surface area contributed by atoms with Crippen LogP contribution >= 0.6 is 0 Å². The number of amides is 1. The first-order chi connectivity index (χ1) is 10.4. The van der Waals surface area contributed by atoms with Crippen LogP contribution in [0.1, 0.15) is 31.9 Å². The molecule has 0 saturated heterocycles. The molecule has 0 bridgehead atoms. The third-order valence-electron chi connectivity index (χ3n) is 3.56. The van der Waals surface area contributed by atoms with Gasteiger partial charge in [-0.05, 0) is 38.3 Å². The maximum atomic E-state index is 11.9. The summed E-state index contributed by atoms with van der Waals surface area (Å²) < 4.78 is 0. The number of carbonyl (C=O) groups excluding carboxylic acids is 1. The smallest absolute Gasteiger partial charge is 0.239 e. The minimum absolute atomic E-state index is 0.0222. The molecule has 0 fully saturated rings. The Labute approximate surface area is 132 Å². The van der Waals surface area contributed by atoms with Crippen LogP contribution in [0.25, 0.3) is 0 Å².